The van der Waals surface area contributed by atoms with E-state index in [2.05, 4.69) is 55.8 Å². The number of hydrogen-bond acceptors (Lipinski definition) is 1. The van der Waals surface area contributed by atoms with Gasteiger partial charge in [0.1, 0.15) is 5.75 Å². The standard InChI is InChI=1S/C14H21BrO/c1-5-12(6-2)9-16-13-7-10(3)14(15)11(4)8-13/h7-8,12H,5-6,9H2,1-4H3. The normalized spacial score (nSPS) is 10.9. The fourth-order valence-corrected chi connectivity index (χ4v) is 1.96. The van der Waals surface area contributed by atoms with Gasteiger partial charge < -0.3 is 4.74 Å². The van der Waals surface area contributed by atoms with Crippen molar-refractivity contribution in [1.29, 1.82) is 0 Å². The molecule has 0 aromatic heterocycles. The zero-order chi connectivity index (χ0) is 12.1. The Kier molecular flexibility index (Phi) is 5.33. The van der Waals surface area contributed by atoms with E-state index in [4.69, 9.17) is 4.74 Å². The van der Waals surface area contributed by atoms with Crippen LogP contribution in [0.5, 0.6) is 5.75 Å². The second-order valence-corrected chi connectivity index (χ2v) is 5.16. The van der Waals surface area contributed by atoms with E-state index in [1.54, 1.807) is 0 Å². The van der Waals surface area contributed by atoms with Gasteiger partial charge in [0.2, 0.25) is 0 Å². The predicted molar refractivity (Wildman–Crippen MR) is 73.2 cm³/mol. The van der Waals surface area contributed by atoms with Crippen molar-refractivity contribution in [3.8, 4) is 5.75 Å². The molecule has 0 amide bonds. The van der Waals surface area contributed by atoms with Crippen molar-refractivity contribution in [1.82, 2.24) is 0 Å². The summed E-state index contributed by atoms with van der Waals surface area (Å²) in [5.41, 5.74) is 2.47. The van der Waals surface area contributed by atoms with Crippen LogP contribution in [-0.2, 0) is 0 Å². The topological polar surface area (TPSA) is 9.23 Å². The molecule has 0 spiro atoms. The van der Waals surface area contributed by atoms with E-state index in [1.807, 2.05) is 0 Å². The van der Waals surface area contributed by atoms with E-state index in [-0.39, 0.29) is 0 Å². The zero-order valence-electron chi connectivity index (χ0n) is 10.6. The van der Waals surface area contributed by atoms with Gasteiger partial charge >= 0.3 is 0 Å². The second kappa shape index (κ2) is 6.29. The average Bonchev–Trinajstić information content (AvgIpc) is 2.27. The highest BCUT2D eigenvalue weighted by atomic mass is 79.9. The molecule has 2 heteroatoms. The van der Waals surface area contributed by atoms with Gasteiger partial charge in [-0.15, -0.1) is 0 Å². The predicted octanol–water partition coefficient (Wildman–Crippen LogP) is 4.88. The van der Waals surface area contributed by atoms with Crippen molar-refractivity contribution in [2.45, 2.75) is 40.5 Å². The lowest BCUT2D eigenvalue weighted by atomic mass is 10.1. The molecule has 0 unspecified atom stereocenters. The highest BCUT2D eigenvalue weighted by molar-refractivity contribution is 9.10. The van der Waals surface area contributed by atoms with Gasteiger partial charge in [0, 0.05) is 4.47 Å². The van der Waals surface area contributed by atoms with Gasteiger partial charge in [-0.05, 0) is 43.0 Å². The summed E-state index contributed by atoms with van der Waals surface area (Å²) in [4.78, 5) is 0. The Balaban J connectivity index is 2.68. The van der Waals surface area contributed by atoms with Crippen LogP contribution in [-0.4, -0.2) is 6.61 Å². The van der Waals surface area contributed by atoms with Gasteiger partial charge in [-0.2, -0.15) is 0 Å². The van der Waals surface area contributed by atoms with Gasteiger partial charge in [-0.3, -0.25) is 0 Å². The lowest BCUT2D eigenvalue weighted by Crippen LogP contribution is -2.10. The molecule has 0 radical (unpaired) electrons. The molecule has 0 saturated heterocycles. The number of halogens is 1. The summed E-state index contributed by atoms with van der Waals surface area (Å²) < 4.78 is 7.03. The first-order chi connectivity index (χ1) is 7.58. The molecule has 1 aromatic rings. The lowest BCUT2D eigenvalue weighted by molar-refractivity contribution is 0.240. The van der Waals surface area contributed by atoms with Crippen LogP contribution in [0.25, 0.3) is 0 Å². The van der Waals surface area contributed by atoms with Crippen LogP contribution in [0.1, 0.15) is 37.8 Å². The smallest absolute Gasteiger partial charge is 0.119 e. The molecule has 16 heavy (non-hydrogen) atoms. The third kappa shape index (κ3) is 3.51. The largest absolute Gasteiger partial charge is 0.493 e. The first-order valence-corrected chi connectivity index (χ1v) is 6.77. The molecule has 0 N–H and O–H groups in total. The first kappa shape index (κ1) is 13.6. The molecule has 1 nitrogen and oxygen atoms in total. The number of benzene rings is 1. The molecule has 0 saturated carbocycles. The third-order valence-electron chi connectivity index (χ3n) is 3.05. The maximum absolute atomic E-state index is 5.85. The minimum absolute atomic E-state index is 0.671. The third-order valence-corrected chi connectivity index (χ3v) is 4.30. The molecule has 0 heterocycles. The summed E-state index contributed by atoms with van der Waals surface area (Å²) in [7, 11) is 0. The molecule has 1 aromatic carbocycles. The maximum Gasteiger partial charge on any atom is 0.119 e. The SMILES string of the molecule is CCC(CC)COc1cc(C)c(Br)c(C)c1. The molecule has 0 bridgehead atoms. The van der Waals surface area contributed by atoms with Crippen LogP contribution in [0.4, 0.5) is 0 Å². The monoisotopic (exact) mass is 284 g/mol. The second-order valence-electron chi connectivity index (χ2n) is 4.36. The number of hydrogen-bond donors (Lipinski definition) is 0. The highest BCUT2D eigenvalue weighted by Gasteiger charge is 2.06. The summed E-state index contributed by atoms with van der Waals surface area (Å²) >= 11 is 3.57. The first-order valence-electron chi connectivity index (χ1n) is 5.98. The van der Waals surface area contributed by atoms with Gasteiger partial charge in [0.15, 0.2) is 0 Å². The number of ether oxygens (including phenoxy) is 1. The lowest BCUT2D eigenvalue weighted by Gasteiger charge is -2.15. The molecular weight excluding hydrogens is 264 g/mol. The van der Waals surface area contributed by atoms with Crippen molar-refractivity contribution in [3.05, 3.63) is 27.7 Å². The van der Waals surface area contributed by atoms with Gasteiger partial charge in [-0.25, -0.2) is 0 Å². The van der Waals surface area contributed by atoms with E-state index in [9.17, 15) is 0 Å². The van der Waals surface area contributed by atoms with E-state index >= 15 is 0 Å². The van der Waals surface area contributed by atoms with Crippen molar-refractivity contribution in [2.75, 3.05) is 6.61 Å². The Hall–Kier alpha value is -0.500. The summed E-state index contributed by atoms with van der Waals surface area (Å²) in [5, 5.41) is 0. The molecule has 0 aliphatic heterocycles. The van der Waals surface area contributed by atoms with E-state index in [0.29, 0.717) is 5.92 Å². The molecule has 0 fully saturated rings. The van der Waals surface area contributed by atoms with Crippen molar-refractivity contribution >= 4 is 15.9 Å². The van der Waals surface area contributed by atoms with Gasteiger partial charge in [0.05, 0.1) is 6.61 Å². The highest BCUT2D eigenvalue weighted by Crippen LogP contribution is 2.26. The number of rotatable bonds is 5. The Morgan fingerprint density at radius 1 is 1.12 bits per heavy atom. The van der Waals surface area contributed by atoms with Crippen LogP contribution in [0.2, 0.25) is 0 Å². The van der Waals surface area contributed by atoms with Crippen LogP contribution < -0.4 is 4.74 Å². The van der Waals surface area contributed by atoms with Gasteiger partial charge in [0.25, 0.3) is 0 Å². The summed E-state index contributed by atoms with van der Waals surface area (Å²) in [6.45, 7) is 9.46. The zero-order valence-corrected chi connectivity index (χ0v) is 12.2. The van der Waals surface area contributed by atoms with Crippen molar-refractivity contribution in [3.63, 3.8) is 0 Å². The van der Waals surface area contributed by atoms with Gasteiger partial charge in [-0.1, -0.05) is 42.6 Å². The minimum Gasteiger partial charge on any atom is -0.493 e. The Labute approximate surface area is 107 Å². The van der Waals surface area contributed by atoms with Crippen LogP contribution in [0.3, 0.4) is 0 Å². The van der Waals surface area contributed by atoms with E-state index in [1.165, 1.54) is 28.4 Å². The molecule has 0 aliphatic rings. The van der Waals surface area contributed by atoms with Crippen molar-refractivity contribution in [2.24, 2.45) is 5.92 Å². The molecular formula is C14H21BrO. The quantitative estimate of drug-likeness (QED) is 0.749. The fourth-order valence-electron chi connectivity index (χ4n) is 1.73. The van der Waals surface area contributed by atoms with E-state index in [0.717, 1.165) is 12.4 Å². The number of aryl methyl sites for hydroxylation is 2. The summed E-state index contributed by atoms with van der Waals surface area (Å²) in [6, 6.07) is 4.19. The fraction of sp³-hybridized carbons (Fsp3) is 0.571. The average molecular weight is 285 g/mol. The Morgan fingerprint density at radius 3 is 2.06 bits per heavy atom. The molecule has 1 rings (SSSR count). The molecule has 0 aliphatic carbocycles. The Bertz CT molecular complexity index is 320. The molecule has 0 atom stereocenters. The summed E-state index contributed by atoms with van der Waals surface area (Å²) in [5.74, 6) is 1.66. The Morgan fingerprint density at radius 2 is 1.62 bits per heavy atom. The minimum atomic E-state index is 0.671. The summed E-state index contributed by atoms with van der Waals surface area (Å²) in [6.07, 6.45) is 2.37. The van der Waals surface area contributed by atoms with Crippen molar-refractivity contribution < 1.29 is 4.74 Å². The van der Waals surface area contributed by atoms with Crippen LogP contribution >= 0.6 is 15.9 Å². The van der Waals surface area contributed by atoms with E-state index < -0.39 is 0 Å². The molecule has 90 valence electrons. The van der Waals surface area contributed by atoms with Crippen LogP contribution in [0.15, 0.2) is 16.6 Å². The maximum atomic E-state index is 5.85. The van der Waals surface area contributed by atoms with Crippen LogP contribution in [0, 0.1) is 19.8 Å².